The number of hydrogen-bond acceptors (Lipinski definition) is 5. The number of nitrogens with zero attached hydrogens (tertiary/aromatic N) is 3. The van der Waals surface area contributed by atoms with Crippen molar-refractivity contribution < 1.29 is 0 Å². The van der Waals surface area contributed by atoms with Gasteiger partial charge in [-0.2, -0.15) is 0 Å². The van der Waals surface area contributed by atoms with Gasteiger partial charge in [0.25, 0.3) is 0 Å². The van der Waals surface area contributed by atoms with E-state index in [0.29, 0.717) is 5.95 Å². The van der Waals surface area contributed by atoms with Gasteiger partial charge in [0.05, 0.1) is 16.9 Å². The summed E-state index contributed by atoms with van der Waals surface area (Å²) in [6.45, 7) is 4.15. The highest BCUT2D eigenvalue weighted by Crippen LogP contribution is 2.20. The standard InChI is InChI=1S/C15H14N4S/c1-10-5-11(2)7-12(6-10)18-15-16-4-3-13(19-15)14-8-20-9-17-14/h3-9H,1-2H3,(H,16,18,19). The summed E-state index contributed by atoms with van der Waals surface area (Å²) < 4.78 is 0. The summed E-state index contributed by atoms with van der Waals surface area (Å²) in [5, 5.41) is 5.22. The average Bonchev–Trinajstić information content (AvgIpc) is 2.91. The molecule has 2 heterocycles. The Labute approximate surface area is 121 Å². The maximum absolute atomic E-state index is 4.49. The van der Waals surface area contributed by atoms with Crippen LogP contribution in [0.4, 0.5) is 11.6 Å². The molecule has 0 aliphatic carbocycles. The van der Waals surface area contributed by atoms with Gasteiger partial charge >= 0.3 is 0 Å². The normalized spacial score (nSPS) is 10.5. The second kappa shape index (κ2) is 5.38. The van der Waals surface area contributed by atoms with Crippen LogP contribution in [0.2, 0.25) is 0 Å². The Morgan fingerprint density at radius 1 is 1.00 bits per heavy atom. The highest BCUT2D eigenvalue weighted by atomic mass is 32.1. The zero-order valence-electron chi connectivity index (χ0n) is 11.3. The molecule has 2 aromatic heterocycles. The highest BCUT2D eigenvalue weighted by Gasteiger charge is 2.04. The highest BCUT2D eigenvalue weighted by molar-refractivity contribution is 7.07. The lowest BCUT2D eigenvalue weighted by atomic mass is 10.1. The van der Waals surface area contributed by atoms with Gasteiger partial charge in [-0.05, 0) is 43.2 Å². The summed E-state index contributed by atoms with van der Waals surface area (Å²) in [5.74, 6) is 0.584. The van der Waals surface area contributed by atoms with Gasteiger partial charge in [-0.25, -0.2) is 15.0 Å². The predicted octanol–water partition coefficient (Wildman–Crippen LogP) is 3.96. The number of rotatable bonds is 3. The molecule has 3 rings (SSSR count). The van der Waals surface area contributed by atoms with Gasteiger partial charge < -0.3 is 5.32 Å². The Balaban J connectivity index is 1.89. The zero-order valence-corrected chi connectivity index (χ0v) is 12.1. The van der Waals surface area contributed by atoms with E-state index in [1.54, 1.807) is 23.0 Å². The third-order valence-corrected chi connectivity index (χ3v) is 3.41. The molecule has 0 atom stereocenters. The van der Waals surface area contributed by atoms with Crippen molar-refractivity contribution in [3.05, 3.63) is 52.5 Å². The van der Waals surface area contributed by atoms with Crippen molar-refractivity contribution in [2.75, 3.05) is 5.32 Å². The van der Waals surface area contributed by atoms with E-state index in [-0.39, 0.29) is 0 Å². The topological polar surface area (TPSA) is 50.7 Å². The fourth-order valence-corrected chi connectivity index (χ4v) is 2.62. The molecular weight excluding hydrogens is 268 g/mol. The fraction of sp³-hybridized carbons (Fsp3) is 0.133. The number of aromatic nitrogens is 3. The van der Waals surface area contributed by atoms with E-state index in [4.69, 9.17) is 0 Å². The third kappa shape index (κ3) is 2.83. The molecule has 0 radical (unpaired) electrons. The first kappa shape index (κ1) is 12.7. The molecule has 1 N–H and O–H groups in total. The van der Waals surface area contributed by atoms with Gasteiger partial charge in [0.2, 0.25) is 5.95 Å². The molecule has 0 bridgehead atoms. The summed E-state index contributed by atoms with van der Waals surface area (Å²) in [6.07, 6.45) is 1.74. The minimum absolute atomic E-state index is 0.584. The lowest BCUT2D eigenvalue weighted by molar-refractivity contribution is 1.16. The van der Waals surface area contributed by atoms with Crippen LogP contribution < -0.4 is 5.32 Å². The molecule has 0 aliphatic rings. The van der Waals surface area contributed by atoms with Crippen LogP contribution >= 0.6 is 11.3 Å². The van der Waals surface area contributed by atoms with Crippen molar-refractivity contribution >= 4 is 23.0 Å². The average molecular weight is 282 g/mol. The molecule has 5 heteroatoms. The summed E-state index contributed by atoms with van der Waals surface area (Å²) in [4.78, 5) is 13.0. The number of anilines is 2. The number of nitrogens with one attached hydrogen (secondary N) is 1. The maximum Gasteiger partial charge on any atom is 0.227 e. The van der Waals surface area contributed by atoms with Crippen molar-refractivity contribution in [2.45, 2.75) is 13.8 Å². The van der Waals surface area contributed by atoms with Gasteiger partial charge in [0.15, 0.2) is 0 Å². The van der Waals surface area contributed by atoms with E-state index in [9.17, 15) is 0 Å². The second-order valence-electron chi connectivity index (χ2n) is 4.64. The first-order valence-electron chi connectivity index (χ1n) is 6.27. The molecule has 0 fully saturated rings. The van der Waals surface area contributed by atoms with E-state index < -0.39 is 0 Å². The third-order valence-electron chi connectivity index (χ3n) is 2.83. The first-order valence-corrected chi connectivity index (χ1v) is 7.22. The first-order chi connectivity index (χ1) is 9.70. The molecule has 0 amide bonds. The molecule has 3 aromatic rings. The van der Waals surface area contributed by atoms with Crippen molar-refractivity contribution in [1.82, 2.24) is 15.0 Å². The van der Waals surface area contributed by atoms with E-state index in [1.165, 1.54) is 11.1 Å². The molecule has 0 aliphatic heterocycles. The van der Waals surface area contributed by atoms with E-state index in [1.807, 2.05) is 11.4 Å². The predicted molar refractivity (Wildman–Crippen MR) is 82.3 cm³/mol. The Bertz CT molecular complexity index is 702. The summed E-state index contributed by atoms with van der Waals surface area (Å²) >= 11 is 1.56. The van der Waals surface area contributed by atoms with Crippen molar-refractivity contribution in [1.29, 1.82) is 0 Å². The van der Waals surface area contributed by atoms with E-state index in [0.717, 1.165) is 17.1 Å². The SMILES string of the molecule is Cc1cc(C)cc(Nc2nccc(-c3cscn3)n2)c1. The second-order valence-corrected chi connectivity index (χ2v) is 5.36. The van der Waals surface area contributed by atoms with Crippen LogP contribution in [-0.2, 0) is 0 Å². The maximum atomic E-state index is 4.49. The minimum Gasteiger partial charge on any atom is -0.324 e. The molecule has 0 saturated carbocycles. The van der Waals surface area contributed by atoms with Crippen LogP contribution in [0, 0.1) is 13.8 Å². The van der Waals surface area contributed by atoms with Crippen molar-refractivity contribution in [3.8, 4) is 11.4 Å². The number of benzene rings is 1. The lowest BCUT2D eigenvalue weighted by Crippen LogP contribution is -1.98. The zero-order chi connectivity index (χ0) is 13.9. The number of thiazole rings is 1. The lowest BCUT2D eigenvalue weighted by Gasteiger charge is -2.07. The largest absolute Gasteiger partial charge is 0.324 e. The molecule has 0 unspecified atom stereocenters. The van der Waals surface area contributed by atoms with Gasteiger partial charge in [0, 0.05) is 17.3 Å². The Kier molecular flexibility index (Phi) is 3.43. The van der Waals surface area contributed by atoms with Crippen LogP contribution in [0.3, 0.4) is 0 Å². The monoisotopic (exact) mass is 282 g/mol. The Morgan fingerprint density at radius 2 is 1.80 bits per heavy atom. The molecule has 1 aromatic carbocycles. The quantitative estimate of drug-likeness (QED) is 0.790. The Morgan fingerprint density at radius 3 is 2.50 bits per heavy atom. The number of aryl methyl sites for hydroxylation is 2. The van der Waals surface area contributed by atoms with Gasteiger partial charge in [-0.3, -0.25) is 0 Å². The smallest absolute Gasteiger partial charge is 0.227 e. The summed E-state index contributed by atoms with van der Waals surface area (Å²) in [5.41, 5.74) is 6.92. The molecule has 20 heavy (non-hydrogen) atoms. The van der Waals surface area contributed by atoms with E-state index >= 15 is 0 Å². The van der Waals surface area contributed by atoms with Crippen molar-refractivity contribution in [2.24, 2.45) is 0 Å². The Hall–Kier alpha value is -2.27. The van der Waals surface area contributed by atoms with Crippen LogP contribution in [-0.4, -0.2) is 15.0 Å². The van der Waals surface area contributed by atoms with Gasteiger partial charge in [0.1, 0.15) is 0 Å². The molecule has 0 saturated heterocycles. The minimum atomic E-state index is 0.584. The van der Waals surface area contributed by atoms with Crippen LogP contribution in [0.25, 0.3) is 11.4 Å². The van der Waals surface area contributed by atoms with Gasteiger partial charge in [-0.15, -0.1) is 11.3 Å². The van der Waals surface area contributed by atoms with Gasteiger partial charge in [-0.1, -0.05) is 6.07 Å². The van der Waals surface area contributed by atoms with Crippen LogP contribution in [0.1, 0.15) is 11.1 Å². The molecular formula is C15H14N4S. The van der Waals surface area contributed by atoms with Crippen molar-refractivity contribution in [3.63, 3.8) is 0 Å². The molecule has 100 valence electrons. The summed E-state index contributed by atoms with van der Waals surface area (Å²) in [7, 11) is 0. The fourth-order valence-electron chi connectivity index (χ4n) is 2.08. The van der Waals surface area contributed by atoms with Crippen LogP contribution in [0.15, 0.2) is 41.4 Å². The molecule has 0 spiro atoms. The summed E-state index contributed by atoms with van der Waals surface area (Å²) in [6, 6.07) is 8.15. The van der Waals surface area contributed by atoms with Crippen LogP contribution in [0.5, 0.6) is 0 Å². The van der Waals surface area contributed by atoms with E-state index in [2.05, 4.69) is 52.3 Å². The number of hydrogen-bond donors (Lipinski definition) is 1. The molecule has 4 nitrogen and oxygen atoms in total.